The Labute approximate surface area is 88.2 Å². The molecular weight excluding hydrogens is 198 g/mol. The van der Waals surface area contributed by atoms with E-state index in [4.69, 9.17) is 20.8 Å². The Balaban J connectivity index is 2.64. The van der Waals surface area contributed by atoms with E-state index in [1.54, 1.807) is 0 Å². The Kier molecular flexibility index (Phi) is 3.88. The summed E-state index contributed by atoms with van der Waals surface area (Å²) in [5, 5.41) is 17.9. The van der Waals surface area contributed by atoms with Crippen LogP contribution >= 0.6 is 0 Å². The normalized spacial score (nSPS) is 26.0. The minimum absolute atomic E-state index is 0.110. The average Bonchev–Trinajstić information content (AvgIpc) is 2.26. The lowest BCUT2D eigenvalue weighted by molar-refractivity contribution is -0.0430. The van der Waals surface area contributed by atoms with Gasteiger partial charge in [-0.2, -0.15) is 5.26 Å². The topological polar surface area (TPSA) is 99.6 Å². The van der Waals surface area contributed by atoms with Gasteiger partial charge in [-0.25, -0.2) is 4.79 Å². The summed E-state index contributed by atoms with van der Waals surface area (Å²) in [6, 6.07) is 2.05. The van der Waals surface area contributed by atoms with E-state index in [-0.39, 0.29) is 13.2 Å². The number of carbonyl (C=O) groups is 1. The fourth-order valence-electron chi connectivity index (χ4n) is 1.68. The molecule has 1 amide bonds. The Morgan fingerprint density at radius 2 is 2.47 bits per heavy atom. The van der Waals surface area contributed by atoms with Crippen LogP contribution < -0.4 is 5.73 Å². The first kappa shape index (κ1) is 11.8. The number of rotatable bonds is 3. The summed E-state index contributed by atoms with van der Waals surface area (Å²) in [6.07, 6.45) is 0.197. The first-order chi connectivity index (χ1) is 7.13. The van der Waals surface area contributed by atoms with E-state index in [0.717, 1.165) is 0 Å². The second-order valence-electron chi connectivity index (χ2n) is 3.55. The highest BCUT2D eigenvalue weighted by Gasteiger charge is 2.38. The van der Waals surface area contributed by atoms with Gasteiger partial charge in [-0.05, 0) is 12.8 Å². The van der Waals surface area contributed by atoms with Crippen molar-refractivity contribution in [3.05, 3.63) is 0 Å². The molecule has 1 fully saturated rings. The van der Waals surface area contributed by atoms with Gasteiger partial charge in [-0.1, -0.05) is 0 Å². The number of piperidine rings is 1. The predicted octanol–water partition coefficient (Wildman–Crippen LogP) is -0.00212. The van der Waals surface area contributed by atoms with E-state index in [9.17, 15) is 4.79 Å². The lowest BCUT2D eigenvalue weighted by Gasteiger charge is -2.36. The lowest BCUT2D eigenvalue weighted by Crippen LogP contribution is -2.51. The Hall–Kier alpha value is -1.32. The molecule has 1 saturated heterocycles. The molecule has 3 N–H and O–H groups in total. The van der Waals surface area contributed by atoms with Crippen molar-refractivity contribution in [1.82, 2.24) is 4.90 Å². The molecule has 1 atom stereocenters. The zero-order chi connectivity index (χ0) is 11.3. The summed E-state index contributed by atoms with van der Waals surface area (Å²) < 4.78 is 5.36. The molecule has 15 heavy (non-hydrogen) atoms. The molecule has 1 unspecified atom stereocenters. The molecule has 0 aromatic rings. The lowest BCUT2D eigenvalue weighted by atomic mass is 9.94. The number of hydrogen-bond donors (Lipinski definition) is 2. The Morgan fingerprint density at radius 1 is 1.73 bits per heavy atom. The summed E-state index contributed by atoms with van der Waals surface area (Å²) in [5.41, 5.74) is 4.29. The van der Waals surface area contributed by atoms with Crippen molar-refractivity contribution in [2.75, 3.05) is 26.2 Å². The summed E-state index contributed by atoms with van der Waals surface area (Å²) in [5.74, 6) is 0. The van der Waals surface area contributed by atoms with Crippen LogP contribution in [0.3, 0.4) is 0 Å². The van der Waals surface area contributed by atoms with Crippen LogP contribution in [0, 0.1) is 11.3 Å². The van der Waals surface area contributed by atoms with Crippen LogP contribution in [0.2, 0.25) is 0 Å². The molecule has 0 radical (unpaired) electrons. The van der Waals surface area contributed by atoms with Crippen molar-refractivity contribution in [3.63, 3.8) is 0 Å². The smallest absolute Gasteiger partial charge is 0.407 e. The Morgan fingerprint density at radius 3 is 3.00 bits per heavy atom. The maximum atomic E-state index is 10.8. The van der Waals surface area contributed by atoms with Crippen molar-refractivity contribution in [2.45, 2.75) is 18.4 Å². The van der Waals surface area contributed by atoms with E-state index in [1.807, 2.05) is 0 Å². The van der Waals surface area contributed by atoms with Gasteiger partial charge in [-0.15, -0.1) is 0 Å². The van der Waals surface area contributed by atoms with Crippen molar-refractivity contribution >= 4 is 6.09 Å². The molecular formula is C9H15N3O3. The fraction of sp³-hybridized carbons (Fsp3) is 0.778. The van der Waals surface area contributed by atoms with Crippen molar-refractivity contribution < 1.29 is 14.6 Å². The number of nitriles is 1. The summed E-state index contributed by atoms with van der Waals surface area (Å²) >= 11 is 0. The molecule has 6 nitrogen and oxygen atoms in total. The molecule has 1 aliphatic rings. The van der Waals surface area contributed by atoms with E-state index in [0.29, 0.717) is 25.9 Å². The third kappa shape index (κ3) is 2.81. The van der Waals surface area contributed by atoms with Gasteiger partial charge in [0.1, 0.15) is 0 Å². The van der Waals surface area contributed by atoms with Gasteiger partial charge in [0.25, 0.3) is 0 Å². The third-order valence-electron chi connectivity index (χ3n) is 2.43. The minimum atomic E-state index is -1.01. The predicted molar refractivity (Wildman–Crippen MR) is 52.2 cm³/mol. The standard InChI is InChI=1S/C9H15N3O3/c10-3-5-15-9(6-11)2-1-4-12(7-9)8(13)14/h1-5,7,10H2,(H,13,14). The average molecular weight is 213 g/mol. The minimum Gasteiger partial charge on any atom is -0.465 e. The molecule has 1 aliphatic heterocycles. The van der Waals surface area contributed by atoms with Crippen molar-refractivity contribution in [2.24, 2.45) is 5.73 Å². The number of carboxylic acid groups (broad SMARTS) is 1. The zero-order valence-electron chi connectivity index (χ0n) is 8.48. The van der Waals surface area contributed by atoms with Gasteiger partial charge in [-0.3, -0.25) is 0 Å². The summed E-state index contributed by atoms with van der Waals surface area (Å²) in [7, 11) is 0. The first-order valence-electron chi connectivity index (χ1n) is 4.87. The van der Waals surface area contributed by atoms with Crippen LogP contribution in [0.25, 0.3) is 0 Å². The molecule has 0 aromatic heterocycles. The van der Waals surface area contributed by atoms with E-state index < -0.39 is 11.7 Å². The summed E-state index contributed by atoms with van der Waals surface area (Å²) in [6.45, 7) is 1.18. The maximum Gasteiger partial charge on any atom is 0.407 e. The third-order valence-corrected chi connectivity index (χ3v) is 2.43. The fourth-order valence-corrected chi connectivity index (χ4v) is 1.68. The van der Waals surface area contributed by atoms with Crippen molar-refractivity contribution in [3.8, 4) is 6.07 Å². The van der Waals surface area contributed by atoms with Gasteiger partial charge >= 0.3 is 6.09 Å². The van der Waals surface area contributed by atoms with Gasteiger partial charge in [0, 0.05) is 13.1 Å². The van der Waals surface area contributed by atoms with E-state index >= 15 is 0 Å². The highest BCUT2D eigenvalue weighted by Crippen LogP contribution is 2.24. The quantitative estimate of drug-likeness (QED) is 0.687. The van der Waals surface area contributed by atoms with E-state index in [1.165, 1.54) is 4.90 Å². The zero-order valence-corrected chi connectivity index (χ0v) is 8.48. The van der Waals surface area contributed by atoms with Gasteiger partial charge in [0.05, 0.1) is 19.2 Å². The molecule has 84 valence electrons. The number of likely N-dealkylation sites (tertiary alicyclic amines) is 1. The maximum absolute atomic E-state index is 10.8. The highest BCUT2D eigenvalue weighted by molar-refractivity contribution is 5.65. The Bertz CT molecular complexity index is 276. The second kappa shape index (κ2) is 4.96. The number of amides is 1. The van der Waals surface area contributed by atoms with Crippen LogP contribution in [0.5, 0.6) is 0 Å². The molecule has 1 rings (SSSR count). The van der Waals surface area contributed by atoms with Crippen LogP contribution in [0.15, 0.2) is 0 Å². The molecule has 0 aromatic carbocycles. The molecule has 0 aliphatic carbocycles. The van der Waals surface area contributed by atoms with Crippen LogP contribution in [-0.2, 0) is 4.74 Å². The number of nitrogens with two attached hydrogens (primary N) is 1. The molecule has 6 heteroatoms. The largest absolute Gasteiger partial charge is 0.465 e. The van der Waals surface area contributed by atoms with Crippen LogP contribution in [0.4, 0.5) is 4.79 Å². The van der Waals surface area contributed by atoms with Gasteiger partial charge in [0.2, 0.25) is 0 Å². The second-order valence-corrected chi connectivity index (χ2v) is 3.55. The highest BCUT2D eigenvalue weighted by atomic mass is 16.5. The monoisotopic (exact) mass is 213 g/mol. The van der Waals surface area contributed by atoms with Crippen LogP contribution in [0.1, 0.15) is 12.8 Å². The molecule has 0 bridgehead atoms. The molecule has 0 spiro atoms. The summed E-state index contributed by atoms with van der Waals surface area (Å²) in [4.78, 5) is 12.0. The van der Waals surface area contributed by atoms with E-state index in [2.05, 4.69) is 6.07 Å². The molecule has 1 heterocycles. The number of hydrogen-bond acceptors (Lipinski definition) is 4. The number of ether oxygens (including phenoxy) is 1. The SMILES string of the molecule is N#CC1(OCCN)CCCN(C(=O)O)C1. The van der Waals surface area contributed by atoms with Gasteiger partial charge < -0.3 is 20.5 Å². The molecule has 0 saturated carbocycles. The van der Waals surface area contributed by atoms with Crippen LogP contribution in [-0.4, -0.2) is 47.9 Å². The van der Waals surface area contributed by atoms with Crippen molar-refractivity contribution in [1.29, 1.82) is 5.26 Å². The van der Waals surface area contributed by atoms with Gasteiger partial charge in [0.15, 0.2) is 5.60 Å². The number of nitrogens with zero attached hydrogens (tertiary/aromatic N) is 2. The first-order valence-corrected chi connectivity index (χ1v) is 4.87.